The number of aryl methyl sites for hydroxylation is 1. The van der Waals surface area contributed by atoms with Crippen LogP contribution in [0.25, 0.3) is 0 Å². The van der Waals surface area contributed by atoms with E-state index in [1.165, 1.54) is 17.3 Å². The lowest BCUT2D eigenvalue weighted by molar-refractivity contribution is -0.112. The Morgan fingerprint density at radius 1 is 1.00 bits per heavy atom. The monoisotopic (exact) mass is 452 g/mol. The van der Waals surface area contributed by atoms with Gasteiger partial charge in [-0.2, -0.15) is 0 Å². The van der Waals surface area contributed by atoms with E-state index in [-0.39, 0.29) is 5.78 Å². The fourth-order valence-electron chi connectivity index (χ4n) is 3.87. The first-order chi connectivity index (χ1) is 15.6. The summed E-state index contributed by atoms with van der Waals surface area (Å²) < 4.78 is 10.9. The highest BCUT2D eigenvalue weighted by atomic mass is 32.2. The van der Waals surface area contributed by atoms with Crippen LogP contribution in [0.3, 0.4) is 0 Å². The van der Waals surface area contributed by atoms with E-state index in [1.807, 2.05) is 54.8 Å². The number of ketones is 1. The Balaban J connectivity index is 1.52. The largest absolute Gasteiger partial charge is 0.497 e. The SMILES string of the molecule is COc1ccc(CCCC=C2C(=O)C(SC)=CC2(O)CCCCOc2ccccc2)cc1. The maximum atomic E-state index is 12.8. The number of para-hydroxylation sites is 1. The summed E-state index contributed by atoms with van der Waals surface area (Å²) in [5.41, 5.74) is 0.585. The molecule has 4 nitrogen and oxygen atoms in total. The summed E-state index contributed by atoms with van der Waals surface area (Å²) in [6.07, 6.45) is 10.3. The minimum Gasteiger partial charge on any atom is -0.497 e. The van der Waals surface area contributed by atoms with Gasteiger partial charge in [-0.1, -0.05) is 36.4 Å². The lowest BCUT2D eigenvalue weighted by Crippen LogP contribution is -2.28. The fraction of sp³-hybridized carbons (Fsp3) is 0.370. The summed E-state index contributed by atoms with van der Waals surface area (Å²) >= 11 is 1.40. The van der Waals surface area contributed by atoms with E-state index in [0.717, 1.165) is 43.6 Å². The summed E-state index contributed by atoms with van der Waals surface area (Å²) in [4.78, 5) is 13.4. The van der Waals surface area contributed by atoms with Gasteiger partial charge in [0.25, 0.3) is 0 Å². The second kappa shape index (κ2) is 11.9. The van der Waals surface area contributed by atoms with Gasteiger partial charge in [0, 0.05) is 5.57 Å². The number of thioether (sulfide) groups is 1. The lowest BCUT2D eigenvalue weighted by Gasteiger charge is -2.22. The van der Waals surface area contributed by atoms with E-state index in [0.29, 0.717) is 23.5 Å². The highest BCUT2D eigenvalue weighted by Crippen LogP contribution is 2.39. The number of carbonyl (C=O) groups excluding carboxylic acids is 1. The lowest BCUT2D eigenvalue weighted by atomic mass is 9.89. The molecule has 0 saturated heterocycles. The summed E-state index contributed by atoms with van der Waals surface area (Å²) in [6.45, 7) is 0.591. The number of unbranched alkanes of at least 4 members (excludes halogenated alkanes) is 2. The number of carbonyl (C=O) groups is 1. The van der Waals surface area contributed by atoms with Crippen LogP contribution >= 0.6 is 11.8 Å². The Bertz CT molecular complexity index is 934. The maximum absolute atomic E-state index is 12.8. The van der Waals surface area contributed by atoms with Crippen molar-refractivity contribution in [1.82, 2.24) is 0 Å². The average molecular weight is 453 g/mol. The Hall–Kier alpha value is -2.50. The Labute approximate surface area is 195 Å². The zero-order valence-corrected chi connectivity index (χ0v) is 19.7. The zero-order chi connectivity index (χ0) is 22.8. The molecule has 0 fully saturated rings. The number of rotatable bonds is 12. The number of hydrogen-bond donors (Lipinski definition) is 1. The normalized spacial score (nSPS) is 19.3. The number of methoxy groups -OCH3 is 1. The smallest absolute Gasteiger partial charge is 0.198 e. The summed E-state index contributed by atoms with van der Waals surface area (Å²) in [6, 6.07) is 17.8. The third-order valence-corrected chi connectivity index (χ3v) is 6.41. The molecule has 0 radical (unpaired) electrons. The van der Waals surface area contributed by atoms with Gasteiger partial charge in [0.2, 0.25) is 0 Å². The van der Waals surface area contributed by atoms with Crippen molar-refractivity contribution in [2.45, 2.75) is 44.1 Å². The quantitative estimate of drug-likeness (QED) is 0.328. The molecule has 0 saturated carbocycles. The molecule has 1 aliphatic carbocycles. The second-order valence-electron chi connectivity index (χ2n) is 7.94. The van der Waals surface area contributed by atoms with E-state index in [1.54, 1.807) is 13.2 Å². The molecule has 170 valence electrons. The second-order valence-corrected chi connectivity index (χ2v) is 8.79. The molecule has 1 unspecified atom stereocenters. The molecule has 2 aromatic carbocycles. The van der Waals surface area contributed by atoms with Crippen molar-refractivity contribution in [2.75, 3.05) is 20.0 Å². The number of hydrogen-bond acceptors (Lipinski definition) is 5. The molecule has 1 aliphatic rings. The first kappa shape index (κ1) is 24.1. The van der Waals surface area contributed by atoms with Crippen LogP contribution in [0, 0.1) is 0 Å². The van der Waals surface area contributed by atoms with Crippen LogP contribution in [0.1, 0.15) is 37.7 Å². The van der Waals surface area contributed by atoms with Gasteiger partial charge in [-0.25, -0.2) is 0 Å². The van der Waals surface area contributed by atoms with Gasteiger partial charge < -0.3 is 14.6 Å². The van der Waals surface area contributed by atoms with Gasteiger partial charge in [-0.15, -0.1) is 11.8 Å². The minimum atomic E-state index is -1.18. The third kappa shape index (κ3) is 6.50. The van der Waals surface area contributed by atoms with Gasteiger partial charge in [0.1, 0.15) is 17.1 Å². The Morgan fingerprint density at radius 3 is 2.44 bits per heavy atom. The molecular weight excluding hydrogens is 420 g/mol. The van der Waals surface area contributed by atoms with E-state index >= 15 is 0 Å². The number of ether oxygens (including phenoxy) is 2. The Morgan fingerprint density at radius 2 is 1.75 bits per heavy atom. The van der Waals surface area contributed by atoms with Crippen molar-refractivity contribution in [3.8, 4) is 11.5 Å². The number of allylic oxidation sites excluding steroid dienone is 2. The molecule has 1 atom stereocenters. The number of Topliss-reactive ketones (excluding diaryl/α,β-unsaturated/α-hetero) is 1. The first-order valence-corrected chi connectivity index (χ1v) is 12.3. The van der Waals surface area contributed by atoms with Crippen molar-refractivity contribution < 1.29 is 19.4 Å². The molecule has 5 heteroatoms. The van der Waals surface area contributed by atoms with Crippen molar-refractivity contribution in [3.63, 3.8) is 0 Å². The predicted octanol–water partition coefficient (Wildman–Crippen LogP) is 5.75. The van der Waals surface area contributed by atoms with E-state index in [4.69, 9.17) is 9.47 Å². The molecule has 0 aliphatic heterocycles. The van der Waals surface area contributed by atoms with Crippen LogP contribution in [-0.4, -0.2) is 36.5 Å². The van der Waals surface area contributed by atoms with Gasteiger partial charge in [0.15, 0.2) is 5.78 Å². The molecule has 0 bridgehead atoms. The van der Waals surface area contributed by atoms with Gasteiger partial charge >= 0.3 is 0 Å². The molecule has 0 spiro atoms. The molecule has 0 heterocycles. The molecule has 1 N–H and O–H groups in total. The molecule has 0 amide bonds. The summed E-state index contributed by atoms with van der Waals surface area (Å²) in [7, 11) is 1.66. The molecule has 32 heavy (non-hydrogen) atoms. The number of aliphatic hydroxyl groups is 1. The van der Waals surface area contributed by atoms with Crippen LogP contribution in [0.15, 0.2) is 77.2 Å². The van der Waals surface area contributed by atoms with Gasteiger partial charge in [-0.05, 0) is 80.7 Å². The topological polar surface area (TPSA) is 55.8 Å². The highest BCUT2D eigenvalue weighted by molar-refractivity contribution is 8.03. The Kier molecular flexibility index (Phi) is 9.00. The predicted molar refractivity (Wildman–Crippen MR) is 131 cm³/mol. The number of benzene rings is 2. The van der Waals surface area contributed by atoms with Crippen molar-refractivity contribution in [2.24, 2.45) is 0 Å². The van der Waals surface area contributed by atoms with Crippen molar-refractivity contribution in [3.05, 3.63) is 82.8 Å². The highest BCUT2D eigenvalue weighted by Gasteiger charge is 2.40. The zero-order valence-electron chi connectivity index (χ0n) is 18.9. The standard InChI is InChI=1S/C27H32O4S/c1-30-22-16-14-21(15-17-22)10-6-7-13-24-26(28)25(32-2)20-27(24,29)18-8-9-19-31-23-11-4-3-5-12-23/h3-5,11-17,20,29H,6-10,18-19H2,1-2H3. The van der Waals surface area contributed by atoms with Crippen LogP contribution in [0.2, 0.25) is 0 Å². The first-order valence-electron chi connectivity index (χ1n) is 11.1. The van der Waals surface area contributed by atoms with E-state index in [2.05, 4.69) is 12.1 Å². The van der Waals surface area contributed by atoms with Crippen LogP contribution in [0.5, 0.6) is 11.5 Å². The van der Waals surface area contributed by atoms with Crippen LogP contribution < -0.4 is 9.47 Å². The molecule has 3 rings (SSSR count). The van der Waals surface area contributed by atoms with Crippen LogP contribution in [0.4, 0.5) is 0 Å². The molecular formula is C27H32O4S. The van der Waals surface area contributed by atoms with Crippen LogP contribution in [-0.2, 0) is 11.2 Å². The van der Waals surface area contributed by atoms with E-state index in [9.17, 15) is 9.90 Å². The summed E-state index contributed by atoms with van der Waals surface area (Å²) in [5.74, 6) is 1.66. The summed E-state index contributed by atoms with van der Waals surface area (Å²) in [5, 5.41) is 11.3. The third-order valence-electron chi connectivity index (χ3n) is 5.67. The van der Waals surface area contributed by atoms with Gasteiger partial charge in [0.05, 0.1) is 18.6 Å². The minimum absolute atomic E-state index is 0.0371. The van der Waals surface area contributed by atoms with E-state index < -0.39 is 5.60 Å². The average Bonchev–Trinajstić information content (AvgIpc) is 3.07. The van der Waals surface area contributed by atoms with Gasteiger partial charge in [-0.3, -0.25) is 4.79 Å². The molecule has 2 aromatic rings. The van der Waals surface area contributed by atoms with Crippen molar-refractivity contribution in [1.29, 1.82) is 0 Å². The molecule has 0 aromatic heterocycles. The fourth-order valence-corrected chi connectivity index (χ4v) is 4.47. The maximum Gasteiger partial charge on any atom is 0.198 e. The van der Waals surface area contributed by atoms with Crippen molar-refractivity contribution >= 4 is 17.5 Å².